The van der Waals surface area contributed by atoms with Crippen LogP contribution in [-0.2, 0) is 11.2 Å². The van der Waals surface area contributed by atoms with Crippen molar-refractivity contribution in [3.63, 3.8) is 0 Å². The van der Waals surface area contributed by atoms with E-state index < -0.39 is 0 Å². The van der Waals surface area contributed by atoms with E-state index in [4.69, 9.17) is 18.9 Å². The van der Waals surface area contributed by atoms with Gasteiger partial charge in [-0.3, -0.25) is 4.79 Å². The number of rotatable bonds is 10. The number of hydrogen-bond acceptors (Lipinski definition) is 6. The van der Waals surface area contributed by atoms with E-state index in [1.54, 1.807) is 25.3 Å². The van der Waals surface area contributed by atoms with Gasteiger partial charge in [0.2, 0.25) is 5.75 Å². The predicted octanol–water partition coefficient (Wildman–Crippen LogP) is 2.97. The lowest BCUT2D eigenvalue weighted by atomic mass is 10.1. The summed E-state index contributed by atoms with van der Waals surface area (Å²) in [6.07, 6.45) is 3.91. The van der Waals surface area contributed by atoms with Gasteiger partial charge in [-0.1, -0.05) is 24.3 Å². The Morgan fingerprint density at radius 1 is 1.04 bits per heavy atom. The lowest BCUT2D eigenvalue weighted by Gasteiger charge is -2.13. The van der Waals surface area contributed by atoms with Gasteiger partial charge in [0.1, 0.15) is 5.75 Å². The molecule has 0 atom stereocenters. The minimum Gasteiger partial charge on any atom is -0.493 e. The minimum atomic E-state index is -0.385. The molecule has 1 N–H and O–H groups in total. The SMILES string of the molecule is C=CCc1ccccc1OCC(=O)N/N=C/c1ccc(OC)c(OC)c1OC. The predicted molar refractivity (Wildman–Crippen MR) is 108 cm³/mol. The number of hydrogen-bond donors (Lipinski definition) is 1. The van der Waals surface area contributed by atoms with Crippen molar-refractivity contribution in [1.82, 2.24) is 5.43 Å². The number of carbonyl (C=O) groups excluding carboxylic acids is 1. The first-order valence-corrected chi connectivity index (χ1v) is 8.57. The zero-order valence-electron chi connectivity index (χ0n) is 16.2. The molecule has 7 heteroatoms. The van der Waals surface area contributed by atoms with Gasteiger partial charge in [-0.2, -0.15) is 5.10 Å². The third kappa shape index (κ3) is 5.26. The number of ether oxygens (including phenoxy) is 4. The van der Waals surface area contributed by atoms with E-state index in [2.05, 4.69) is 17.1 Å². The number of para-hydroxylation sites is 1. The average Bonchev–Trinajstić information content (AvgIpc) is 2.72. The minimum absolute atomic E-state index is 0.158. The molecule has 2 aromatic carbocycles. The summed E-state index contributed by atoms with van der Waals surface area (Å²) in [5.74, 6) is 1.69. The van der Waals surface area contributed by atoms with Gasteiger partial charge in [0, 0.05) is 5.56 Å². The Balaban J connectivity index is 1.99. The van der Waals surface area contributed by atoms with Crippen LogP contribution in [0.3, 0.4) is 0 Å². The Hall–Kier alpha value is -3.48. The molecule has 28 heavy (non-hydrogen) atoms. The molecule has 0 aliphatic heterocycles. The summed E-state index contributed by atoms with van der Waals surface area (Å²) >= 11 is 0. The van der Waals surface area contributed by atoms with Crippen molar-refractivity contribution in [2.24, 2.45) is 5.10 Å². The number of nitrogens with zero attached hydrogens (tertiary/aromatic N) is 1. The zero-order chi connectivity index (χ0) is 20.4. The summed E-state index contributed by atoms with van der Waals surface area (Å²) in [4.78, 5) is 12.0. The molecule has 0 aliphatic rings. The van der Waals surface area contributed by atoms with Gasteiger partial charge in [-0.05, 0) is 30.2 Å². The Kier molecular flexibility index (Phi) is 7.90. The highest BCUT2D eigenvalue weighted by molar-refractivity contribution is 5.87. The lowest BCUT2D eigenvalue weighted by Crippen LogP contribution is -2.24. The molecule has 0 spiro atoms. The van der Waals surface area contributed by atoms with Crippen LogP contribution in [0.25, 0.3) is 0 Å². The largest absolute Gasteiger partial charge is 0.493 e. The van der Waals surface area contributed by atoms with Crippen molar-refractivity contribution < 1.29 is 23.7 Å². The Morgan fingerprint density at radius 3 is 2.46 bits per heavy atom. The topological polar surface area (TPSA) is 78.4 Å². The van der Waals surface area contributed by atoms with Crippen LogP contribution in [0.5, 0.6) is 23.0 Å². The Morgan fingerprint density at radius 2 is 1.79 bits per heavy atom. The summed E-state index contributed by atoms with van der Waals surface area (Å²) in [7, 11) is 4.57. The molecule has 0 saturated heterocycles. The summed E-state index contributed by atoms with van der Waals surface area (Å²) in [5, 5.41) is 3.96. The van der Waals surface area contributed by atoms with E-state index in [0.29, 0.717) is 35.0 Å². The van der Waals surface area contributed by atoms with Gasteiger partial charge < -0.3 is 18.9 Å². The summed E-state index contributed by atoms with van der Waals surface area (Å²) in [5.41, 5.74) is 4.01. The quantitative estimate of drug-likeness (QED) is 0.387. The first kappa shape index (κ1) is 20.8. The highest BCUT2D eigenvalue weighted by atomic mass is 16.5. The molecule has 1 amide bonds. The Bertz CT molecular complexity index is 849. The van der Waals surface area contributed by atoms with Crippen molar-refractivity contribution >= 4 is 12.1 Å². The van der Waals surface area contributed by atoms with Crippen LogP contribution in [0.4, 0.5) is 0 Å². The van der Waals surface area contributed by atoms with Gasteiger partial charge in [0.25, 0.3) is 5.91 Å². The molecule has 0 heterocycles. The van der Waals surface area contributed by atoms with Gasteiger partial charge >= 0.3 is 0 Å². The van der Waals surface area contributed by atoms with E-state index in [1.165, 1.54) is 20.4 Å². The van der Waals surface area contributed by atoms with Crippen molar-refractivity contribution in [2.45, 2.75) is 6.42 Å². The van der Waals surface area contributed by atoms with E-state index >= 15 is 0 Å². The summed E-state index contributed by atoms with van der Waals surface area (Å²) < 4.78 is 21.5. The second kappa shape index (κ2) is 10.6. The maximum atomic E-state index is 12.0. The molecule has 0 bridgehead atoms. The zero-order valence-corrected chi connectivity index (χ0v) is 16.2. The molecule has 2 aromatic rings. The van der Waals surface area contributed by atoms with Gasteiger partial charge in [0.15, 0.2) is 18.1 Å². The number of amides is 1. The molecule has 0 fully saturated rings. The monoisotopic (exact) mass is 384 g/mol. The molecule has 0 aromatic heterocycles. The molecule has 0 aliphatic carbocycles. The molecule has 7 nitrogen and oxygen atoms in total. The molecule has 0 radical (unpaired) electrons. The highest BCUT2D eigenvalue weighted by Gasteiger charge is 2.14. The maximum Gasteiger partial charge on any atom is 0.277 e. The first-order valence-electron chi connectivity index (χ1n) is 8.57. The van der Waals surface area contributed by atoms with Crippen LogP contribution in [0, 0.1) is 0 Å². The average molecular weight is 384 g/mol. The van der Waals surface area contributed by atoms with E-state index in [0.717, 1.165) is 5.56 Å². The highest BCUT2D eigenvalue weighted by Crippen LogP contribution is 2.38. The summed E-state index contributed by atoms with van der Waals surface area (Å²) in [6.45, 7) is 3.56. The fourth-order valence-electron chi connectivity index (χ4n) is 2.54. The van der Waals surface area contributed by atoms with Crippen molar-refractivity contribution in [3.8, 4) is 23.0 Å². The number of nitrogens with one attached hydrogen (secondary N) is 1. The Labute approximate surface area is 164 Å². The molecular weight excluding hydrogens is 360 g/mol. The van der Waals surface area contributed by atoms with E-state index in [-0.39, 0.29) is 12.5 Å². The molecular formula is C21H24N2O5. The van der Waals surface area contributed by atoms with E-state index in [9.17, 15) is 4.79 Å². The van der Waals surface area contributed by atoms with Gasteiger partial charge in [-0.15, -0.1) is 6.58 Å². The molecule has 148 valence electrons. The standard InChI is InChI=1S/C21H24N2O5/c1-5-8-15-9-6-7-10-17(15)28-14-19(24)23-22-13-16-11-12-18(25-2)21(27-4)20(16)26-3/h5-7,9-13H,1,8,14H2,2-4H3,(H,23,24)/b22-13+. The van der Waals surface area contributed by atoms with Crippen LogP contribution in [-0.4, -0.2) is 40.1 Å². The number of carbonyl (C=O) groups is 1. The number of benzene rings is 2. The third-order valence-corrected chi connectivity index (χ3v) is 3.82. The molecule has 0 saturated carbocycles. The van der Waals surface area contributed by atoms with Crippen molar-refractivity contribution in [1.29, 1.82) is 0 Å². The van der Waals surface area contributed by atoms with Gasteiger partial charge in [-0.25, -0.2) is 5.43 Å². The summed E-state index contributed by atoms with van der Waals surface area (Å²) in [6, 6.07) is 11.0. The van der Waals surface area contributed by atoms with Crippen LogP contribution < -0.4 is 24.4 Å². The van der Waals surface area contributed by atoms with E-state index in [1.807, 2.05) is 24.3 Å². The fraction of sp³-hybridized carbons (Fsp3) is 0.238. The van der Waals surface area contributed by atoms with Crippen molar-refractivity contribution in [3.05, 3.63) is 60.2 Å². The second-order valence-electron chi connectivity index (χ2n) is 5.61. The van der Waals surface area contributed by atoms with Crippen LogP contribution in [0.1, 0.15) is 11.1 Å². The maximum absolute atomic E-state index is 12.0. The smallest absolute Gasteiger partial charge is 0.277 e. The molecule has 0 unspecified atom stereocenters. The van der Waals surface area contributed by atoms with Crippen molar-refractivity contribution in [2.75, 3.05) is 27.9 Å². The van der Waals surface area contributed by atoms with Crippen LogP contribution in [0.15, 0.2) is 54.2 Å². The third-order valence-electron chi connectivity index (χ3n) is 3.82. The normalized spacial score (nSPS) is 10.4. The second-order valence-corrected chi connectivity index (χ2v) is 5.61. The van der Waals surface area contributed by atoms with Crippen LogP contribution >= 0.6 is 0 Å². The number of methoxy groups -OCH3 is 3. The lowest BCUT2D eigenvalue weighted by molar-refractivity contribution is -0.123. The van der Waals surface area contributed by atoms with Crippen LogP contribution in [0.2, 0.25) is 0 Å². The fourth-order valence-corrected chi connectivity index (χ4v) is 2.54. The first-order chi connectivity index (χ1) is 13.6. The number of hydrazone groups is 1. The molecule has 2 rings (SSSR count). The number of allylic oxidation sites excluding steroid dienone is 1. The van der Waals surface area contributed by atoms with Gasteiger partial charge in [0.05, 0.1) is 27.5 Å².